The standard InChI is InChI=1S/C16H13NS/c1-12-17-16(11-18-12)15-9-5-8-14(10-15)13-6-3-2-4-7-13/h2-11H,1H3. The van der Waals surface area contributed by atoms with Crippen molar-refractivity contribution in [2.45, 2.75) is 6.92 Å². The maximum absolute atomic E-state index is 4.53. The van der Waals surface area contributed by atoms with Gasteiger partial charge in [0.2, 0.25) is 0 Å². The molecule has 1 aromatic heterocycles. The molecule has 0 saturated heterocycles. The molecule has 0 radical (unpaired) electrons. The van der Waals surface area contributed by atoms with E-state index in [-0.39, 0.29) is 0 Å². The normalized spacial score (nSPS) is 10.5. The highest BCUT2D eigenvalue weighted by atomic mass is 32.1. The molecule has 0 unspecified atom stereocenters. The SMILES string of the molecule is Cc1nc(-c2cccc(-c3ccccc3)c2)cs1. The van der Waals surface area contributed by atoms with Crippen molar-refractivity contribution in [3.8, 4) is 22.4 Å². The van der Waals surface area contributed by atoms with Crippen LogP contribution in [0.2, 0.25) is 0 Å². The maximum Gasteiger partial charge on any atom is 0.0901 e. The molecular formula is C16H13NS. The fourth-order valence-corrected chi connectivity index (χ4v) is 2.61. The number of hydrogen-bond donors (Lipinski definition) is 0. The van der Waals surface area contributed by atoms with Crippen LogP contribution in [-0.2, 0) is 0 Å². The second-order valence-electron chi connectivity index (χ2n) is 4.20. The Labute approximate surface area is 111 Å². The van der Waals surface area contributed by atoms with Crippen LogP contribution in [0.25, 0.3) is 22.4 Å². The first kappa shape index (κ1) is 11.2. The zero-order valence-corrected chi connectivity index (χ0v) is 10.9. The summed E-state index contributed by atoms with van der Waals surface area (Å²) < 4.78 is 0. The number of aromatic nitrogens is 1. The number of benzene rings is 2. The van der Waals surface area contributed by atoms with E-state index in [0.29, 0.717) is 0 Å². The molecule has 0 spiro atoms. The third kappa shape index (κ3) is 2.20. The summed E-state index contributed by atoms with van der Waals surface area (Å²) in [4.78, 5) is 4.53. The molecule has 2 heteroatoms. The van der Waals surface area contributed by atoms with Gasteiger partial charge in [-0.1, -0.05) is 48.5 Å². The van der Waals surface area contributed by atoms with Gasteiger partial charge in [-0.25, -0.2) is 4.98 Å². The van der Waals surface area contributed by atoms with Crippen molar-refractivity contribution in [2.75, 3.05) is 0 Å². The van der Waals surface area contributed by atoms with Crippen LogP contribution in [0.4, 0.5) is 0 Å². The summed E-state index contributed by atoms with van der Waals surface area (Å²) >= 11 is 1.69. The van der Waals surface area contributed by atoms with Crippen molar-refractivity contribution in [3.05, 3.63) is 65.0 Å². The fraction of sp³-hybridized carbons (Fsp3) is 0.0625. The van der Waals surface area contributed by atoms with Crippen molar-refractivity contribution in [1.29, 1.82) is 0 Å². The molecular weight excluding hydrogens is 238 g/mol. The molecule has 3 rings (SSSR count). The highest BCUT2D eigenvalue weighted by molar-refractivity contribution is 7.09. The van der Waals surface area contributed by atoms with Gasteiger partial charge in [-0.2, -0.15) is 0 Å². The molecule has 0 bridgehead atoms. The van der Waals surface area contributed by atoms with E-state index in [1.54, 1.807) is 11.3 Å². The number of thiazole rings is 1. The van der Waals surface area contributed by atoms with Crippen LogP contribution in [0.15, 0.2) is 60.0 Å². The molecule has 3 aromatic rings. The summed E-state index contributed by atoms with van der Waals surface area (Å²) in [5.74, 6) is 0. The Morgan fingerprint density at radius 2 is 1.56 bits per heavy atom. The highest BCUT2D eigenvalue weighted by Crippen LogP contribution is 2.26. The monoisotopic (exact) mass is 251 g/mol. The Bertz CT molecular complexity index is 656. The predicted octanol–water partition coefficient (Wildman–Crippen LogP) is 4.79. The van der Waals surface area contributed by atoms with Gasteiger partial charge in [-0.3, -0.25) is 0 Å². The zero-order valence-electron chi connectivity index (χ0n) is 10.1. The third-order valence-electron chi connectivity index (χ3n) is 2.88. The largest absolute Gasteiger partial charge is 0.242 e. The van der Waals surface area contributed by atoms with Crippen LogP contribution in [-0.4, -0.2) is 4.98 Å². The summed E-state index contributed by atoms with van der Waals surface area (Å²) in [6.07, 6.45) is 0. The molecule has 0 N–H and O–H groups in total. The quantitative estimate of drug-likeness (QED) is 0.638. The van der Waals surface area contributed by atoms with Crippen LogP contribution >= 0.6 is 11.3 Å². The number of nitrogens with zero attached hydrogens (tertiary/aromatic N) is 1. The van der Waals surface area contributed by atoms with Crippen molar-refractivity contribution in [1.82, 2.24) is 4.98 Å². The van der Waals surface area contributed by atoms with E-state index in [0.717, 1.165) is 10.7 Å². The van der Waals surface area contributed by atoms with E-state index in [4.69, 9.17) is 0 Å². The Kier molecular flexibility index (Phi) is 2.95. The molecule has 0 aliphatic carbocycles. The van der Waals surface area contributed by atoms with Gasteiger partial charge >= 0.3 is 0 Å². The van der Waals surface area contributed by atoms with Gasteiger partial charge in [0.1, 0.15) is 0 Å². The molecule has 1 nitrogen and oxygen atoms in total. The summed E-state index contributed by atoms with van der Waals surface area (Å²) in [7, 11) is 0. The van der Waals surface area contributed by atoms with Gasteiger partial charge < -0.3 is 0 Å². The molecule has 88 valence electrons. The van der Waals surface area contributed by atoms with E-state index < -0.39 is 0 Å². The van der Waals surface area contributed by atoms with Crippen molar-refractivity contribution in [3.63, 3.8) is 0 Å². The number of rotatable bonds is 2. The minimum absolute atomic E-state index is 1.07. The van der Waals surface area contributed by atoms with Gasteiger partial charge in [0, 0.05) is 10.9 Å². The second kappa shape index (κ2) is 4.75. The average Bonchev–Trinajstić information content (AvgIpc) is 2.87. The molecule has 0 amide bonds. The zero-order chi connectivity index (χ0) is 12.4. The Balaban J connectivity index is 2.05. The van der Waals surface area contributed by atoms with E-state index in [1.807, 2.05) is 13.0 Å². The Morgan fingerprint density at radius 3 is 2.28 bits per heavy atom. The fourth-order valence-electron chi connectivity index (χ4n) is 1.98. The van der Waals surface area contributed by atoms with Gasteiger partial charge in [-0.15, -0.1) is 11.3 Å². The highest BCUT2D eigenvalue weighted by Gasteiger charge is 2.03. The number of aryl methyl sites for hydroxylation is 1. The Hall–Kier alpha value is -1.93. The van der Waals surface area contributed by atoms with Crippen molar-refractivity contribution < 1.29 is 0 Å². The van der Waals surface area contributed by atoms with E-state index in [2.05, 4.69) is 58.9 Å². The first-order valence-corrected chi connectivity index (χ1v) is 6.79. The van der Waals surface area contributed by atoms with Gasteiger partial charge in [0.15, 0.2) is 0 Å². The van der Waals surface area contributed by atoms with E-state index in [9.17, 15) is 0 Å². The molecule has 0 fully saturated rings. The molecule has 0 atom stereocenters. The van der Waals surface area contributed by atoms with Crippen LogP contribution in [0.1, 0.15) is 5.01 Å². The lowest BCUT2D eigenvalue weighted by molar-refractivity contribution is 1.30. The maximum atomic E-state index is 4.53. The third-order valence-corrected chi connectivity index (χ3v) is 3.66. The lowest BCUT2D eigenvalue weighted by Gasteiger charge is -2.03. The Morgan fingerprint density at radius 1 is 0.833 bits per heavy atom. The van der Waals surface area contributed by atoms with Crippen molar-refractivity contribution in [2.24, 2.45) is 0 Å². The van der Waals surface area contributed by atoms with Crippen LogP contribution in [0.5, 0.6) is 0 Å². The van der Waals surface area contributed by atoms with Gasteiger partial charge in [-0.05, 0) is 24.1 Å². The molecule has 18 heavy (non-hydrogen) atoms. The molecule has 0 aliphatic rings. The average molecular weight is 251 g/mol. The molecule has 2 aromatic carbocycles. The predicted molar refractivity (Wildman–Crippen MR) is 77.7 cm³/mol. The van der Waals surface area contributed by atoms with Crippen LogP contribution < -0.4 is 0 Å². The van der Waals surface area contributed by atoms with Crippen LogP contribution in [0.3, 0.4) is 0 Å². The minimum Gasteiger partial charge on any atom is -0.242 e. The van der Waals surface area contributed by atoms with Crippen LogP contribution in [0, 0.1) is 6.92 Å². The van der Waals surface area contributed by atoms with Gasteiger partial charge in [0.25, 0.3) is 0 Å². The lowest BCUT2D eigenvalue weighted by atomic mass is 10.0. The summed E-state index contributed by atoms with van der Waals surface area (Å²) in [5.41, 5.74) is 4.72. The second-order valence-corrected chi connectivity index (χ2v) is 5.26. The summed E-state index contributed by atoms with van der Waals surface area (Å²) in [5, 5.41) is 3.22. The van der Waals surface area contributed by atoms with E-state index in [1.165, 1.54) is 16.7 Å². The first-order chi connectivity index (χ1) is 8.83. The summed E-state index contributed by atoms with van der Waals surface area (Å²) in [6, 6.07) is 19.0. The summed E-state index contributed by atoms with van der Waals surface area (Å²) in [6.45, 7) is 2.04. The first-order valence-electron chi connectivity index (χ1n) is 5.91. The van der Waals surface area contributed by atoms with E-state index >= 15 is 0 Å². The topological polar surface area (TPSA) is 12.9 Å². The molecule has 1 heterocycles. The number of hydrogen-bond acceptors (Lipinski definition) is 2. The minimum atomic E-state index is 1.07. The molecule has 0 saturated carbocycles. The molecule has 0 aliphatic heterocycles. The van der Waals surface area contributed by atoms with Crippen molar-refractivity contribution >= 4 is 11.3 Å². The lowest BCUT2D eigenvalue weighted by Crippen LogP contribution is -1.81. The smallest absolute Gasteiger partial charge is 0.0901 e. The van der Waals surface area contributed by atoms with Gasteiger partial charge in [0.05, 0.1) is 10.7 Å².